The first kappa shape index (κ1) is 18.3. The Kier molecular flexibility index (Phi) is 4.89. The molecule has 0 atom stereocenters. The minimum absolute atomic E-state index is 0.0217. The van der Waals surface area contributed by atoms with Gasteiger partial charge in [0.25, 0.3) is 0 Å². The molecule has 2 aromatic carbocycles. The summed E-state index contributed by atoms with van der Waals surface area (Å²) in [5.74, 6) is -1.14. The Hall–Kier alpha value is -2.09. The van der Waals surface area contributed by atoms with Crippen LogP contribution in [-0.4, -0.2) is 5.11 Å². The number of alkyl halides is 6. The summed E-state index contributed by atoms with van der Waals surface area (Å²) in [6.45, 7) is -0.670. The molecule has 0 saturated heterocycles. The summed E-state index contributed by atoms with van der Waals surface area (Å²) in [5.41, 5.74) is -2.53. The molecule has 0 heterocycles. The summed E-state index contributed by atoms with van der Waals surface area (Å²) in [6.07, 6.45) is -9.40. The molecule has 0 spiro atoms. The number of hydrogen-bond acceptors (Lipinski definition) is 2. The van der Waals surface area contributed by atoms with Crippen LogP contribution in [0.15, 0.2) is 36.4 Å². The largest absolute Gasteiger partial charge is 0.508 e. The van der Waals surface area contributed by atoms with Crippen LogP contribution in [0.3, 0.4) is 0 Å². The van der Waals surface area contributed by atoms with E-state index in [4.69, 9.17) is 16.3 Å². The molecular formula is C15H9ClF6O2. The van der Waals surface area contributed by atoms with E-state index in [0.29, 0.717) is 12.1 Å². The summed E-state index contributed by atoms with van der Waals surface area (Å²) in [5, 5.41) is 9.32. The van der Waals surface area contributed by atoms with Gasteiger partial charge in [-0.05, 0) is 30.3 Å². The van der Waals surface area contributed by atoms with Gasteiger partial charge in [0.2, 0.25) is 0 Å². The van der Waals surface area contributed by atoms with Crippen molar-refractivity contribution in [1.82, 2.24) is 0 Å². The molecule has 130 valence electrons. The van der Waals surface area contributed by atoms with Crippen molar-refractivity contribution >= 4 is 11.6 Å². The van der Waals surface area contributed by atoms with Crippen LogP contribution in [0.25, 0.3) is 0 Å². The zero-order valence-electron chi connectivity index (χ0n) is 11.7. The first-order valence-electron chi connectivity index (χ1n) is 6.36. The molecule has 0 aliphatic carbocycles. The molecule has 0 aromatic heterocycles. The molecule has 0 amide bonds. The van der Waals surface area contributed by atoms with E-state index in [1.807, 2.05) is 0 Å². The highest BCUT2D eigenvalue weighted by atomic mass is 35.5. The van der Waals surface area contributed by atoms with E-state index in [2.05, 4.69) is 0 Å². The van der Waals surface area contributed by atoms with Crippen LogP contribution < -0.4 is 4.74 Å². The van der Waals surface area contributed by atoms with Crippen molar-refractivity contribution < 1.29 is 36.2 Å². The maximum atomic E-state index is 12.9. The highest BCUT2D eigenvalue weighted by Crippen LogP contribution is 2.36. The molecule has 0 saturated carbocycles. The van der Waals surface area contributed by atoms with Crippen LogP contribution in [0.1, 0.15) is 16.7 Å². The maximum absolute atomic E-state index is 12.9. The summed E-state index contributed by atoms with van der Waals surface area (Å²) in [4.78, 5) is 0. The van der Waals surface area contributed by atoms with E-state index < -0.39 is 41.6 Å². The van der Waals surface area contributed by atoms with Gasteiger partial charge >= 0.3 is 12.4 Å². The van der Waals surface area contributed by atoms with Gasteiger partial charge < -0.3 is 9.84 Å². The van der Waals surface area contributed by atoms with Gasteiger partial charge in [-0.2, -0.15) is 26.3 Å². The lowest BCUT2D eigenvalue weighted by Crippen LogP contribution is -2.11. The normalized spacial score (nSPS) is 12.3. The number of aromatic hydroxyl groups is 1. The number of hydrogen-bond donors (Lipinski definition) is 1. The third-order valence-corrected chi connectivity index (χ3v) is 3.22. The number of phenolic OH excluding ortho intramolecular Hbond substituents is 1. The van der Waals surface area contributed by atoms with Crippen LogP contribution in [0, 0.1) is 0 Å². The van der Waals surface area contributed by atoms with E-state index >= 15 is 0 Å². The molecule has 24 heavy (non-hydrogen) atoms. The fourth-order valence-corrected chi connectivity index (χ4v) is 2.14. The second-order valence-corrected chi connectivity index (χ2v) is 5.24. The predicted molar refractivity (Wildman–Crippen MR) is 73.9 cm³/mol. The molecule has 2 nitrogen and oxygen atoms in total. The maximum Gasteiger partial charge on any atom is 0.416 e. The van der Waals surface area contributed by atoms with Gasteiger partial charge in [0.05, 0.1) is 11.1 Å². The number of ether oxygens (including phenoxy) is 1. The Balaban J connectivity index is 2.29. The third kappa shape index (κ3) is 4.47. The lowest BCUT2D eigenvalue weighted by atomic mass is 10.1. The van der Waals surface area contributed by atoms with Crippen molar-refractivity contribution in [3.05, 3.63) is 58.1 Å². The summed E-state index contributed by atoms with van der Waals surface area (Å²) in [7, 11) is 0. The van der Waals surface area contributed by atoms with Crippen molar-refractivity contribution in [1.29, 1.82) is 0 Å². The fraction of sp³-hybridized carbons (Fsp3) is 0.200. The minimum Gasteiger partial charge on any atom is -0.508 e. The third-order valence-electron chi connectivity index (χ3n) is 2.99. The molecule has 2 rings (SSSR count). The average molecular weight is 371 g/mol. The second-order valence-electron chi connectivity index (χ2n) is 4.80. The number of rotatable bonds is 3. The van der Waals surface area contributed by atoms with Crippen LogP contribution in [0.2, 0.25) is 5.02 Å². The zero-order chi connectivity index (χ0) is 18.1. The van der Waals surface area contributed by atoms with Gasteiger partial charge in [0.15, 0.2) is 0 Å². The van der Waals surface area contributed by atoms with Crippen molar-refractivity contribution in [2.45, 2.75) is 19.0 Å². The molecule has 0 unspecified atom stereocenters. The Bertz CT molecular complexity index is 740. The van der Waals surface area contributed by atoms with E-state index in [0.717, 1.165) is 24.3 Å². The van der Waals surface area contributed by atoms with Gasteiger partial charge in [-0.25, -0.2) is 0 Å². The first-order valence-corrected chi connectivity index (χ1v) is 6.74. The molecule has 0 bridgehead atoms. The Morgan fingerprint density at radius 2 is 1.58 bits per heavy atom. The van der Waals surface area contributed by atoms with Gasteiger partial charge in [0, 0.05) is 16.7 Å². The van der Waals surface area contributed by atoms with E-state index in [1.165, 1.54) is 0 Å². The van der Waals surface area contributed by atoms with Crippen LogP contribution in [0.5, 0.6) is 11.5 Å². The van der Waals surface area contributed by atoms with Gasteiger partial charge in [-0.15, -0.1) is 0 Å². The summed E-state index contributed by atoms with van der Waals surface area (Å²) >= 11 is 5.65. The second kappa shape index (κ2) is 6.43. The van der Waals surface area contributed by atoms with E-state index in [9.17, 15) is 31.4 Å². The van der Waals surface area contributed by atoms with Crippen molar-refractivity contribution in [3.63, 3.8) is 0 Å². The molecule has 9 heteroatoms. The number of halogens is 7. The fourth-order valence-electron chi connectivity index (χ4n) is 1.95. The van der Waals surface area contributed by atoms with Crippen LogP contribution in [-0.2, 0) is 19.0 Å². The zero-order valence-corrected chi connectivity index (χ0v) is 12.4. The van der Waals surface area contributed by atoms with Gasteiger partial charge in [-0.1, -0.05) is 11.6 Å². The molecule has 0 radical (unpaired) electrons. The predicted octanol–water partition coefficient (Wildman–Crippen LogP) is 5.66. The summed E-state index contributed by atoms with van der Waals surface area (Å²) < 4.78 is 81.6. The topological polar surface area (TPSA) is 29.5 Å². The molecule has 1 N–H and O–H groups in total. The number of benzene rings is 2. The Morgan fingerprint density at radius 1 is 0.917 bits per heavy atom. The highest BCUT2D eigenvalue weighted by molar-refractivity contribution is 6.30. The minimum atomic E-state index is -4.73. The number of phenols is 1. The smallest absolute Gasteiger partial charge is 0.416 e. The average Bonchev–Trinajstić information content (AvgIpc) is 2.42. The standard InChI is InChI=1S/C15H9ClF6O2/c16-10-1-2-13(15(20,21)22)8(3-10)7-24-12-5-9(14(17,18)19)4-11(23)6-12/h1-6,23H,7H2. The lowest BCUT2D eigenvalue weighted by molar-refractivity contribution is -0.138. The Labute approximate surface area is 137 Å². The SMILES string of the molecule is Oc1cc(OCc2cc(Cl)ccc2C(F)(F)F)cc(C(F)(F)F)c1. The van der Waals surface area contributed by atoms with Crippen LogP contribution >= 0.6 is 11.6 Å². The Morgan fingerprint density at radius 3 is 2.17 bits per heavy atom. The first-order chi connectivity index (χ1) is 11.0. The quantitative estimate of drug-likeness (QED) is 0.706. The molecule has 0 fully saturated rings. The van der Waals surface area contributed by atoms with E-state index in [1.54, 1.807) is 0 Å². The van der Waals surface area contributed by atoms with E-state index in [-0.39, 0.29) is 10.6 Å². The van der Waals surface area contributed by atoms with Gasteiger partial charge in [0.1, 0.15) is 18.1 Å². The van der Waals surface area contributed by atoms with Crippen LogP contribution in [0.4, 0.5) is 26.3 Å². The monoisotopic (exact) mass is 370 g/mol. The molecular weight excluding hydrogens is 362 g/mol. The molecule has 0 aliphatic heterocycles. The van der Waals surface area contributed by atoms with Crippen molar-refractivity contribution in [3.8, 4) is 11.5 Å². The summed E-state index contributed by atoms with van der Waals surface area (Å²) in [6, 6.07) is 4.74. The van der Waals surface area contributed by atoms with Crippen molar-refractivity contribution in [2.24, 2.45) is 0 Å². The highest BCUT2D eigenvalue weighted by Gasteiger charge is 2.34. The van der Waals surface area contributed by atoms with Gasteiger partial charge in [-0.3, -0.25) is 0 Å². The molecule has 0 aliphatic rings. The van der Waals surface area contributed by atoms with Crippen molar-refractivity contribution in [2.75, 3.05) is 0 Å². The molecule has 2 aromatic rings. The lowest BCUT2D eigenvalue weighted by Gasteiger charge is -2.15.